The molecule has 2 heterocycles. The molecule has 0 aliphatic carbocycles. The molecule has 4 aromatic rings. The lowest BCUT2D eigenvalue weighted by molar-refractivity contribution is 0.0956. The van der Waals surface area contributed by atoms with E-state index in [1.807, 2.05) is 67.1 Å². The highest BCUT2D eigenvalue weighted by Gasteiger charge is 2.10. The Labute approximate surface area is 166 Å². The molecule has 28 heavy (non-hydrogen) atoms. The molecule has 2 aromatic carbocycles. The van der Waals surface area contributed by atoms with Gasteiger partial charge in [-0.05, 0) is 25.1 Å². The van der Waals surface area contributed by atoms with Gasteiger partial charge in [-0.2, -0.15) is 0 Å². The van der Waals surface area contributed by atoms with E-state index in [0.29, 0.717) is 23.0 Å². The Kier molecular flexibility index (Phi) is 5.12. The maximum absolute atomic E-state index is 12.4. The number of H-pyrrole nitrogens is 1. The smallest absolute Gasteiger partial charge is 0.251 e. The predicted molar refractivity (Wildman–Crippen MR) is 110 cm³/mol. The van der Waals surface area contributed by atoms with E-state index in [9.17, 15) is 4.79 Å². The summed E-state index contributed by atoms with van der Waals surface area (Å²) in [6, 6.07) is 15.4. The van der Waals surface area contributed by atoms with Crippen LogP contribution in [0.3, 0.4) is 0 Å². The van der Waals surface area contributed by atoms with E-state index in [1.54, 1.807) is 0 Å². The zero-order valence-electron chi connectivity index (χ0n) is 15.6. The minimum atomic E-state index is -0.106. The van der Waals surface area contributed by atoms with Crippen LogP contribution in [0.1, 0.15) is 16.2 Å². The van der Waals surface area contributed by atoms with Crippen molar-refractivity contribution in [3.63, 3.8) is 0 Å². The van der Waals surface area contributed by atoms with Gasteiger partial charge in [-0.15, -0.1) is 5.10 Å². The number of thioether (sulfide) groups is 1. The fourth-order valence-electron chi connectivity index (χ4n) is 2.91. The number of benzene rings is 2. The second-order valence-electron chi connectivity index (χ2n) is 6.36. The molecule has 2 aromatic heterocycles. The molecule has 142 valence electrons. The van der Waals surface area contributed by atoms with E-state index >= 15 is 0 Å². The lowest BCUT2D eigenvalue weighted by Gasteiger charge is -2.04. The van der Waals surface area contributed by atoms with Crippen LogP contribution in [0.5, 0.6) is 0 Å². The van der Waals surface area contributed by atoms with Crippen LogP contribution in [0.15, 0.2) is 53.7 Å². The van der Waals surface area contributed by atoms with Gasteiger partial charge in [0.15, 0.2) is 5.82 Å². The van der Waals surface area contributed by atoms with Crippen molar-refractivity contribution in [2.75, 3.05) is 12.3 Å². The molecule has 0 radical (unpaired) electrons. The van der Waals surface area contributed by atoms with Crippen molar-refractivity contribution in [1.82, 2.24) is 30.0 Å². The summed E-state index contributed by atoms with van der Waals surface area (Å²) >= 11 is 1.50. The van der Waals surface area contributed by atoms with Gasteiger partial charge >= 0.3 is 0 Å². The molecule has 8 heteroatoms. The first-order valence-corrected chi connectivity index (χ1v) is 9.92. The average Bonchev–Trinajstić information content (AvgIpc) is 3.30. The summed E-state index contributed by atoms with van der Waals surface area (Å²) in [6.07, 6.45) is 0. The third-order valence-corrected chi connectivity index (χ3v) is 5.35. The first-order valence-electron chi connectivity index (χ1n) is 8.94. The molecule has 0 fully saturated rings. The molecule has 1 amide bonds. The van der Waals surface area contributed by atoms with E-state index in [-0.39, 0.29) is 5.91 Å². The van der Waals surface area contributed by atoms with Crippen LogP contribution in [0.25, 0.3) is 22.4 Å². The molecule has 0 saturated carbocycles. The summed E-state index contributed by atoms with van der Waals surface area (Å²) in [5, 5.41) is 10.8. The SMILES string of the molecule is Cc1nc2cc(C(=O)NCCSc3n[nH]c(-c4ccccc4)n3)ccc2n1C. The number of imidazole rings is 1. The Bertz CT molecular complexity index is 1120. The van der Waals surface area contributed by atoms with Crippen molar-refractivity contribution in [3.05, 3.63) is 59.9 Å². The second kappa shape index (κ2) is 7.85. The van der Waals surface area contributed by atoms with Crippen LogP contribution < -0.4 is 5.32 Å². The highest BCUT2D eigenvalue weighted by molar-refractivity contribution is 7.99. The van der Waals surface area contributed by atoms with Crippen molar-refractivity contribution < 1.29 is 4.79 Å². The van der Waals surface area contributed by atoms with Crippen LogP contribution in [0.4, 0.5) is 0 Å². The van der Waals surface area contributed by atoms with Crippen molar-refractivity contribution in [3.8, 4) is 11.4 Å². The number of nitrogens with zero attached hydrogens (tertiary/aromatic N) is 4. The largest absolute Gasteiger partial charge is 0.351 e. The number of rotatable bonds is 6. The van der Waals surface area contributed by atoms with Crippen molar-refractivity contribution in [2.24, 2.45) is 7.05 Å². The third-order valence-electron chi connectivity index (χ3n) is 4.50. The van der Waals surface area contributed by atoms with E-state index in [0.717, 1.165) is 28.2 Å². The number of fused-ring (bicyclic) bond motifs is 1. The Balaban J connectivity index is 1.31. The Morgan fingerprint density at radius 3 is 2.82 bits per heavy atom. The summed E-state index contributed by atoms with van der Waals surface area (Å²) in [7, 11) is 1.97. The van der Waals surface area contributed by atoms with Gasteiger partial charge in [0.25, 0.3) is 5.91 Å². The molecule has 4 rings (SSSR count). The first-order chi connectivity index (χ1) is 13.6. The van der Waals surface area contributed by atoms with E-state index in [2.05, 4.69) is 25.5 Å². The average molecular weight is 392 g/mol. The maximum atomic E-state index is 12.4. The molecule has 0 aliphatic heterocycles. The van der Waals surface area contributed by atoms with Crippen molar-refractivity contribution in [2.45, 2.75) is 12.1 Å². The number of hydrogen-bond acceptors (Lipinski definition) is 5. The summed E-state index contributed by atoms with van der Waals surface area (Å²) in [4.78, 5) is 21.3. The van der Waals surface area contributed by atoms with Gasteiger partial charge < -0.3 is 9.88 Å². The fourth-order valence-corrected chi connectivity index (χ4v) is 3.56. The van der Waals surface area contributed by atoms with Crippen molar-refractivity contribution in [1.29, 1.82) is 0 Å². The number of hydrogen-bond donors (Lipinski definition) is 2. The van der Waals surface area contributed by atoms with Gasteiger partial charge in [0, 0.05) is 30.5 Å². The molecule has 7 nitrogen and oxygen atoms in total. The van der Waals surface area contributed by atoms with Gasteiger partial charge in [-0.1, -0.05) is 42.1 Å². The molecule has 0 bridgehead atoms. The van der Waals surface area contributed by atoms with Gasteiger partial charge in [0.1, 0.15) is 5.82 Å². The molecule has 0 spiro atoms. The highest BCUT2D eigenvalue weighted by atomic mass is 32.2. The summed E-state index contributed by atoms with van der Waals surface area (Å²) in [6.45, 7) is 2.47. The number of amides is 1. The van der Waals surface area contributed by atoms with Gasteiger partial charge in [0.05, 0.1) is 11.0 Å². The lowest BCUT2D eigenvalue weighted by atomic mass is 10.2. The molecule has 2 N–H and O–H groups in total. The number of aromatic nitrogens is 5. The number of nitrogens with one attached hydrogen (secondary N) is 2. The standard InChI is InChI=1S/C20H20N6OS/c1-13-22-16-12-15(8-9-17(16)26(13)2)19(27)21-10-11-28-20-23-18(24-25-20)14-6-4-3-5-7-14/h3-9,12H,10-11H2,1-2H3,(H,21,27)(H,23,24,25). The van der Waals surface area contributed by atoms with Crippen LogP contribution in [0.2, 0.25) is 0 Å². The third kappa shape index (κ3) is 3.77. The summed E-state index contributed by atoms with van der Waals surface area (Å²) in [5.74, 6) is 2.24. The Morgan fingerprint density at radius 1 is 1.18 bits per heavy atom. The van der Waals surface area contributed by atoms with Crippen LogP contribution in [-0.2, 0) is 7.05 Å². The molecule has 0 unspecified atom stereocenters. The predicted octanol–water partition coefficient (Wildman–Crippen LogP) is 3.19. The summed E-state index contributed by atoms with van der Waals surface area (Å²) < 4.78 is 2.01. The lowest BCUT2D eigenvalue weighted by Crippen LogP contribution is -2.25. The number of carbonyl (C=O) groups excluding carboxylic acids is 1. The van der Waals surface area contributed by atoms with E-state index < -0.39 is 0 Å². The Hall–Kier alpha value is -3.13. The zero-order chi connectivity index (χ0) is 19.5. The normalized spacial score (nSPS) is 11.1. The molecule has 0 saturated heterocycles. The van der Waals surface area contributed by atoms with Gasteiger partial charge in [0.2, 0.25) is 5.16 Å². The minimum Gasteiger partial charge on any atom is -0.351 e. The quantitative estimate of drug-likeness (QED) is 0.389. The number of aryl methyl sites for hydroxylation is 2. The van der Waals surface area contributed by atoms with E-state index in [4.69, 9.17) is 0 Å². The molecular weight excluding hydrogens is 372 g/mol. The number of aromatic amines is 1. The second-order valence-corrected chi connectivity index (χ2v) is 7.42. The van der Waals surface area contributed by atoms with Gasteiger partial charge in [-0.25, -0.2) is 9.97 Å². The maximum Gasteiger partial charge on any atom is 0.251 e. The molecule has 0 atom stereocenters. The Morgan fingerprint density at radius 2 is 2.00 bits per heavy atom. The van der Waals surface area contributed by atoms with Crippen LogP contribution >= 0.6 is 11.8 Å². The van der Waals surface area contributed by atoms with Gasteiger partial charge in [-0.3, -0.25) is 9.89 Å². The number of carbonyl (C=O) groups is 1. The van der Waals surface area contributed by atoms with Crippen LogP contribution in [-0.4, -0.2) is 42.9 Å². The molecular formula is C20H20N6OS. The first kappa shape index (κ1) is 18.2. The van der Waals surface area contributed by atoms with E-state index in [1.165, 1.54) is 11.8 Å². The zero-order valence-corrected chi connectivity index (χ0v) is 16.5. The summed E-state index contributed by atoms with van der Waals surface area (Å²) in [5.41, 5.74) is 3.45. The molecule has 0 aliphatic rings. The minimum absolute atomic E-state index is 0.106. The topological polar surface area (TPSA) is 88.5 Å². The monoisotopic (exact) mass is 392 g/mol. The van der Waals surface area contributed by atoms with Crippen LogP contribution in [0, 0.1) is 6.92 Å². The van der Waals surface area contributed by atoms with Crippen molar-refractivity contribution >= 4 is 28.7 Å². The highest BCUT2D eigenvalue weighted by Crippen LogP contribution is 2.19. The fraction of sp³-hybridized carbons (Fsp3) is 0.200.